The van der Waals surface area contributed by atoms with Crippen LogP contribution in [0.2, 0.25) is 0 Å². The van der Waals surface area contributed by atoms with Gasteiger partial charge in [0.2, 0.25) is 5.72 Å². The lowest BCUT2D eigenvalue weighted by Crippen LogP contribution is -2.66. The van der Waals surface area contributed by atoms with Gasteiger partial charge in [-0.25, -0.2) is 15.0 Å². The Balaban J connectivity index is 0.00000113. The van der Waals surface area contributed by atoms with E-state index in [1.54, 1.807) is 13.0 Å². The summed E-state index contributed by atoms with van der Waals surface area (Å²) in [5.41, 5.74) is 1.79. The third kappa shape index (κ3) is 1.94. The Morgan fingerprint density at radius 2 is 2.00 bits per heavy atom. The fourth-order valence-electron chi connectivity index (χ4n) is 3.63. The van der Waals surface area contributed by atoms with Gasteiger partial charge in [0.15, 0.2) is 17.1 Å². The Morgan fingerprint density at radius 3 is 2.56 bits per heavy atom. The molecule has 1 aliphatic heterocycles. The van der Waals surface area contributed by atoms with Crippen molar-refractivity contribution in [1.82, 2.24) is 19.5 Å². The molecular formula is C14H20ClN5O5. The third-order valence-electron chi connectivity index (χ3n) is 5.04. The highest BCUT2D eigenvalue weighted by molar-refractivity contribution is 5.85. The van der Waals surface area contributed by atoms with Crippen LogP contribution in [0, 0.1) is 0 Å². The molecule has 1 saturated heterocycles. The van der Waals surface area contributed by atoms with E-state index in [9.17, 15) is 15.3 Å². The molecule has 2 aromatic heterocycles. The van der Waals surface area contributed by atoms with Crippen LogP contribution in [0.5, 0.6) is 0 Å². The van der Waals surface area contributed by atoms with Crippen LogP contribution in [0.4, 0.5) is 5.82 Å². The molecule has 4 atom stereocenters. The Kier molecular flexibility index (Phi) is 4.58. The molecule has 0 radical (unpaired) electrons. The minimum atomic E-state index is -1.71. The smallest absolute Gasteiger partial charge is 0.202 e. The van der Waals surface area contributed by atoms with Gasteiger partial charge in [-0.05, 0) is 18.6 Å². The number of halogens is 1. The molecule has 0 amide bonds. The zero-order valence-electron chi connectivity index (χ0n) is 13.3. The van der Waals surface area contributed by atoms with E-state index in [1.807, 2.05) is 0 Å². The molecule has 3 heterocycles. The largest absolute Gasteiger partial charge is 0.412 e. The summed E-state index contributed by atoms with van der Waals surface area (Å²) in [6.07, 6.45) is 5.05. The Morgan fingerprint density at radius 1 is 1.28 bits per heavy atom. The summed E-state index contributed by atoms with van der Waals surface area (Å²) >= 11 is 0. The molecule has 0 saturated carbocycles. The van der Waals surface area contributed by atoms with Crippen molar-refractivity contribution < 1.29 is 25.5 Å². The number of ether oxygens (including phenoxy) is 1. The van der Waals surface area contributed by atoms with Gasteiger partial charge in [0.05, 0.1) is 12.9 Å². The van der Waals surface area contributed by atoms with E-state index in [2.05, 4.69) is 15.0 Å². The molecule has 2 aliphatic rings. The van der Waals surface area contributed by atoms with E-state index in [-0.39, 0.29) is 30.1 Å². The quantitative estimate of drug-likeness (QED) is 0.470. The second-order valence-corrected chi connectivity index (χ2v) is 5.91. The highest BCUT2D eigenvalue weighted by Crippen LogP contribution is 2.58. The highest BCUT2D eigenvalue weighted by atomic mass is 35.5. The zero-order chi connectivity index (χ0) is 16.5. The SMILES string of the molecule is CC[C@@]1(O)[C@@H](CO)O[C@]2(n3cnc4c(N)ncnc43)C=C[C@@]12O.Cl.O. The number of nitrogens with two attached hydrogens (primary N) is 1. The lowest BCUT2D eigenvalue weighted by Gasteiger charge is -2.48. The monoisotopic (exact) mass is 373 g/mol. The minimum absolute atomic E-state index is 0. The number of fused-ring (bicyclic) bond motifs is 2. The minimum Gasteiger partial charge on any atom is -0.412 e. The summed E-state index contributed by atoms with van der Waals surface area (Å²) in [5, 5.41) is 31.6. The van der Waals surface area contributed by atoms with E-state index >= 15 is 0 Å². The second-order valence-electron chi connectivity index (χ2n) is 5.91. The molecule has 0 aromatic carbocycles. The van der Waals surface area contributed by atoms with Crippen molar-refractivity contribution in [3.8, 4) is 0 Å². The van der Waals surface area contributed by atoms with Gasteiger partial charge in [0.25, 0.3) is 0 Å². The Hall–Kier alpha value is -1.82. The number of aliphatic hydroxyl groups excluding tert-OH is 1. The molecule has 11 heteroatoms. The van der Waals surface area contributed by atoms with Crippen LogP contribution in [-0.2, 0) is 10.5 Å². The van der Waals surface area contributed by atoms with Gasteiger partial charge < -0.3 is 31.3 Å². The van der Waals surface area contributed by atoms with Crippen LogP contribution in [0.1, 0.15) is 13.3 Å². The molecule has 1 fully saturated rings. The summed E-state index contributed by atoms with van der Waals surface area (Å²) in [6, 6.07) is 0. The normalized spacial score (nSPS) is 35.6. The molecular weight excluding hydrogens is 354 g/mol. The Labute approximate surface area is 148 Å². The lowest BCUT2D eigenvalue weighted by atomic mass is 9.67. The number of rotatable bonds is 3. The first-order valence-corrected chi connectivity index (χ1v) is 7.31. The summed E-state index contributed by atoms with van der Waals surface area (Å²) in [5.74, 6) is 0.208. The number of nitrogen functional groups attached to an aromatic ring is 1. The van der Waals surface area contributed by atoms with Gasteiger partial charge >= 0.3 is 0 Å². The molecule has 7 N–H and O–H groups in total. The van der Waals surface area contributed by atoms with Crippen LogP contribution in [0.25, 0.3) is 11.2 Å². The van der Waals surface area contributed by atoms with Crippen molar-refractivity contribution in [2.24, 2.45) is 0 Å². The summed E-state index contributed by atoms with van der Waals surface area (Å²) in [4.78, 5) is 12.2. The fourth-order valence-corrected chi connectivity index (χ4v) is 3.63. The van der Waals surface area contributed by atoms with Crippen LogP contribution in [-0.4, -0.2) is 64.2 Å². The van der Waals surface area contributed by atoms with Crippen LogP contribution in [0.3, 0.4) is 0 Å². The number of aliphatic hydroxyl groups is 3. The first kappa shape index (κ1) is 19.5. The van der Waals surface area contributed by atoms with Gasteiger partial charge in [0.1, 0.15) is 23.5 Å². The molecule has 0 bridgehead atoms. The van der Waals surface area contributed by atoms with E-state index in [4.69, 9.17) is 10.5 Å². The van der Waals surface area contributed by atoms with Crippen LogP contribution < -0.4 is 5.73 Å². The van der Waals surface area contributed by atoms with Crippen LogP contribution >= 0.6 is 12.4 Å². The first-order chi connectivity index (χ1) is 10.9. The maximum atomic E-state index is 11.1. The average Bonchev–Trinajstić information content (AvgIpc) is 3.03. The summed E-state index contributed by atoms with van der Waals surface area (Å²) in [7, 11) is 0. The number of nitrogens with zero attached hydrogens (tertiary/aromatic N) is 4. The zero-order valence-corrected chi connectivity index (χ0v) is 14.1. The predicted molar refractivity (Wildman–Crippen MR) is 89.9 cm³/mol. The van der Waals surface area contributed by atoms with Gasteiger partial charge in [-0.1, -0.05) is 6.92 Å². The van der Waals surface area contributed by atoms with Crippen LogP contribution in [0.15, 0.2) is 24.8 Å². The van der Waals surface area contributed by atoms with E-state index < -0.39 is 29.6 Å². The van der Waals surface area contributed by atoms with E-state index in [0.717, 1.165) is 0 Å². The van der Waals surface area contributed by atoms with Gasteiger partial charge in [-0.3, -0.25) is 4.57 Å². The highest BCUT2D eigenvalue weighted by Gasteiger charge is 2.75. The van der Waals surface area contributed by atoms with Gasteiger partial charge in [-0.15, -0.1) is 12.4 Å². The molecule has 25 heavy (non-hydrogen) atoms. The van der Waals surface area contributed by atoms with Crippen molar-refractivity contribution in [3.63, 3.8) is 0 Å². The Bertz CT molecular complexity index is 831. The molecule has 138 valence electrons. The lowest BCUT2D eigenvalue weighted by molar-refractivity contribution is -0.174. The van der Waals surface area contributed by atoms with Crippen molar-refractivity contribution >= 4 is 29.4 Å². The number of anilines is 1. The number of imidazole rings is 1. The maximum absolute atomic E-state index is 11.1. The third-order valence-corrected chi connectivity index (χ3v) is 5.04. The average molecular weight is 374 g/mol. The fraction of sp³-hybridized carbons (Fsp3) is 0.500. The number of hydrogen-bond acceptors (Lipinski definition) is 8. The topological polar surface area (TPSA) is 171 Å². The number of hydrogen-bond donors (Lipinski definition) is 4. The van der Waals surface area contributed by atoms with Crippen molar-refractivity contribution in [2.45, 2.75) is 36.4 Å². The summed E-state index contributed by atoms with van der Waals surface area (Å²) in [6.45, 7) is 1.29. The maximum Gasteiger partial charge on any atom is 0.202 e. The molecule has 2 aromatic rings. The van der Waals surface area contributed by atoms with Crippen molar-refractivity contribution in [1.29, 1.82) is 0 Å². The molecule has 1 aliphatic carbocycles. The molecule has 4 rings (SSSR count). The molecule has 10 nitrogen and oxygen atoms in total. The van der Waals surface area contributed by atoms with Gasteiger partial charge in [0, 0.05) is 0 Å². The number of aromatic nitrogens is 4. The first-order valence-electron chi connectivity index (χ1n) is 7.31. The van der Waals surface area contributed by atoms with Crippen molar-refractivity contribution in [3.05, 3.63) is 24.8 Å². The second kappa shape index (κ2) is 5.87. The van der Waals surface area contributed by atoms with Crippen molar-refractivity contribution in [2.75, 3.05) is 12.3 Å². The van der Waals surface area contributed by atoms with Gasteiger partial charge in [-0.2, -0.15) is 0 Å². The van der Waals surface area contributed by atoms with E-state index in [0.29, 0.717) is 11.2 Å². The predicted octanol–water partition coefficient (Wildman–Crippen LogP) is -1.51. The summed E-state index contributed by atoms with van der Waals surface area (Å²) < 4.78 is 7.39. The molecule has 0 unspecified atom stereocenters. The standard InChI is InChI=1S/C14H17N5O4.ClH.H2O/c1-2-12(21)8(5-20)23-14(4-3-13(12,14)22)19-7-18-9-10(15)16-6-17-11(9)19;;/h3-4,6-8,20-22H,2,5H2,1H3,(H2,15,16,17);1H;1H2/t8-,12-,13-,14-;;/m1../s1. The van der Waals surface area contributed by atoms with E-state index in [1.165, 1.54) is 23.3 Å². The molecule has 0 spiro atoms.